The van der Waals surface area contributed by atoms with Crippen LogP contribution in [0.2, 0.25) is 0 Å². The van der Waals surface area contributed by atoms with Crippen LogP contribution in [-0.2, 0) is 21.0 Å². The molecule has 6 nitrogen and oxygen atoms in total. The molecule has 100 valence electrons. The molecule has 0 fully saturated rings. The van der Waals surface area contributed by atoms with Gasteiger partial charge < -0.3 is 9.92 Å². The van der Waals surface area contributed by atoms with Crippen LogP contribution in [0.15, 0.2) is 30.3 Å². The predicted octanol–water partition coefficient (Wildman–Crippen LogP) is 1.24. The average Bonchev–Trinajstić information content (AvgIpc) is 2.28. The van der Waals surface area contributed by atoms with Gasteiger partial charge in [0.15, 0.2) is 0 Å². The minimum atomic E-state index is -4.12. The van der Waals surface area contributed by atoms with Crippen LogP contribution in [0, 0.1) is 0 Å². The molecule has 0 atom stereocenters. The van der Waals surface area contributed by atoms with Crippen molar-refractivity contribution < 1.29 is 17.4 Å². The lowest BCUT2D eigenvalue weighted by Crippen LogP contribution is -2.35. The van der Waals surface area contributed by atoms with Crippen molar-refractivity contribution in [3.05, 3.63) is 35.9 Å². The number of nitrogens with zero attached hydrogens (tertiary/aromatic N) is 1. The molecule has 1 aromatic rings. The van der Waals surface area contributed by atoms with Gasteiger partial charge in [0.2, 0.25) is 0 Å². The van der Waals surface area contributed by atoms with E-state index in [-0.39, 0.29) is 13.1 Å². The van der Waals surface area contributed by atoms with E-state index in [0.29, 0.717) is 6.42 Å². The van der Waals surface area contributed by atoms with E-state index in [0.717, 1.165) is 9.87 Å². The topological polar surface area (TPSA) is 89.7 Å². The maximum atomic E-state index is 11.7. The molecular weight excluding hydrogens is 256 g/mol. The Morgan fingerprint density at radius 1 is 1.33 bits per heavy atom. The lowest BCUT2D eigenvalue weighted by Gasteiger charge is -2.19. The second-order valence-corrected chi connectivity index (χ2v) is 5.22. The molecule has 0 aliphatic heterocycles. The van der Waals surface area contributed by atoms with Gasteiger partial charge in [-0.25, -0.2) is 4.79 Å². The summed E-state index contributed by atoms with van der Waals surface area (Å²) in [4.78, 5) is 10.6. The van der Waals surface area contributed by atoms with Crippen molar-refractivity contribution >= 4 is 16.4 Å². The van der Waals surface area contributed by atoms with Gasteiger partial charge in [0.05, 0.1) is 0 Å². The minimum absolute atomic E-state index is 0.143. The Balaban J connectivity index is 2.86. The molecule has 1 rings (SSSR count). The zero-order chi connectivity index (χ0) is 13.6. The van der Waals surface area contributed by atoms with Crippen LogP contribution in [0.3, 0.4) is 0 Å². The van der Waals surface area contributed by atoms with Crippen molar-refractivity contribution in [3.63, 3.8) is 0 Å². The normalized spacial score (nSPS) is 11.4. The number of primary amides is 1. The Bertz CT molecular complexity index is 487. The lowest BCUT2D eigenvalue weighted by molar-refractivity contribution is 0.205. The van der Waals surface area contributed by atoms with Crippen LogP contribution in [-0.4, -0.2) is 25.4 Å². The average molecular weight is 272 g/mol. The van der Waals surface area contributed by atoms with Crippen molar-refractivity contribution in [2.45, 2.75) is 19.9 Å². The zero-order valence-electron chi connectivity index (χ0n) is 10.1. The number of hydrogen-bond donors (Lipinski definition) is 1. The predicted molar refractivity (Wildman–Crippen MR) is 66.7 cm³/mol. The number of benzene rings is 1. The lowest BCUT2D eigenvalue weighted by atomic mass is 10.2. The Hall–Kier alpha value is -1.60. The summed E-state index contributed by atoms with van der Waals surface area (Å²) in [6.45, 7) is 2.23. The van der Waals surface area contributed by atoms with Crippen LogP contribution in [0.4, 0.5) is 4.79 Å². The second kappa shape index (κ2) is 6.36. The van der Waals surface area contributed by atoms with Crippen LogP contribution in [0.25, 0.3) is 0 Å². The minimum Gasteiger partial charge on any atom is -0.334 e. The molecule has 18 heavy (non-hydrogen) atoms. The molecule has 0 spiro atoms. The summed E-state index contributed by atoms with van der Waals surface area (Å²) in [5, 5.41) is 0. The van der Waals surface area contributed by atoms with E-state index in [2.05, 4.69) is 4.18 Å². The van der Waals surface area contributed by atoms with Gasteiger partial charge in [-0.1, -0.05) is 37.3 Å². The molecule has 1 amide bonds. The highest BCUT2D eigenvalue weighted by molar-refractivity contribution is 7.84. The van der Waals surface area contributed by atoms with Crippen LogP contribution < -0.4 is 5.73 Å². The summed E-state index contributed by atoms with van der Waals surface area (Å²) in [7, 11) is -4.12. The number of carbonyl (C=O) groups excluding carboxylic acids is 1. The fraction of sp³-hybridized carbons (Fsp3) is 0.364. The van der Waals surface area contributed by atoms with E-state index < -0.39 is 16.4 Å². The summed E-state index contributed by atoms with van der Waals surface area (Å²) >= 11 is 0. The molecule has 0 bridgehead atoms. The third-order valence-corrected chi connectivity index (χ3v) is 3.50. The molecule has 0 aromatic heterocycles. The van der Waals surface area contributed by atoms with E-state index >= 15 is 0 Å². The maximum Gasteiger partial charge on any atom is 0.421 e. The molecule has 0 aliphatic rings. The molecule has 0 saturated heterocycles. The van der Waals surface area contributed by atoms with Crippen molar-refractivity contribution in [3.8, 4) is 0 Å². The number of nitrogens with two attached hydrogens (primary N) is 1. The summed E-state index contributed by atoms with van der Waals surface area (Å²) in [6, 6.07) is 9.04. The first-order valence-corrected chi connectivity index (χ1v) is 6.85. The summed E-state index contributed by atoms with van der Waals surface area (Å²) in [5.74, 6) is 0. The van der Waals surface area contributed by atoms with Crippen molar-refractivity contribution in [2.24, 2.45) is 5.73 Å². The van der Waals surface area contributed by atoms with Crippen LogP contribution in [0.1, 0.15) is 18.9 Å². The van der Waals surface area contributed by atoms with Gasteiger partial charge in [0, 0.05) is 13.1 Å². The highest BCUT2D eigenvalue weighted by Crippen LogP contribution is 2.11. The Morgan fingerprint density at radius 3 is 2.44 bits per heavy atom. The molecule has 1 aromatic carbocycles. The van der Waals surface area contributed by atoms with Gasteiger partial charge in [0.1, 0.15) is 0 Å². The van der Waals surface area contributed by atoms with Crippen LogP contribution in [0.5, 0.6) is 0 Å². The largest absolute Gasteiger partial charge is 0.421 e. The maximum absolute atomic E-state index is 11.7. The number of hydrogen-bond acceptors (Lipinski definition) is 4. The fourth-order valence-electron chi connectivity index (χ4n) is 1.46. The van der Waals surface area contributed by atoms with Crippen molar-refractivity contribution in [1.82, 2.24) is 4.31 Å². The molecule has 0 unspecified atom stereocenters. The fourth-order valence-corrected chi connectivity index (χ4v) is 2.49. The van der Waals surface area contributed by atoms with Gasteiger partial charge in [-0.05, 0) is 12.0 Å². The quantitative estimate of drug-likeness (QED) is 0.843. The SMILES string of the molecule is CCCN(Cc1ccccc1)S(=O)(=O)OC(N)=O. The van der Waals surface area contributed by atoms with Gasteiger partial charge >= 0.3 is 16.4 Å². The highest BCUT2D eigenvalue weighted by Gasteiger charge is 2.25. The Labute approximate surface area is 107 Å². The van der Waals surface area contributed by atoms with E-state index in [1.807, 2.05) is 13.0 Å². The standard InChI is InChI=1S/C11H16N2O4S/c1-2-8-13(18(15,16)17-11(12)14)9-10-6-4-3-5-7-10/h3-7H,2,8-9H2,1H3,(H2,12,14). The van der Waals surface area contributed by atoms with Gasteiger partial charge in [0.25, 0.3) is 0 Å². The molecule has 0 aliphatic carbocycles. The first kappa shape index (κ1) is 14.5. The van der Waals surface area contributed by atoms with E-state index in [9.17, 15) is 13.2 Å². The van der Waals surface area contributed by atoms with Gasteiger partial charge in [-0.15, -0.1) is 0 Å². The van der Waals surface area contributed by atoms with Crippen molar-refractivity contribution in [2.75, 3.05) is 6.54 Å². The monoisotopic (exact) mass is 272 g/mol. The number of carbonyl (C=O) groups is 1. The third-order valence-electron chi connectivity index (χ3n) is 2.18. The molecule has 0 heterocycles. The number of rotatable bonds is 6. The van der Waals surface area contributed by atoms with E-state index in [1.165, 1.54) is 0 Å². The van der Waals surface area contributed by atoms with Crippen molar-refractivity contribution in [1.29, 1.82) is 0 Å². The highest BCUT2D eigenvalue weighted by atomic mass is 32.2. The summed E-state index contributed by atoms with van der Waals surface area (Å²) in [5.41, 5.74) is 5.55. The molecular formula is C11H16N2O4S. The van der Waals surface area contributed by atoms with Gasteiger partial charge in [-0.2, -0.15) is 12.7 Å². The molecule has 0 saturated carbocycles. The zero-order valence-corrected chi connectivity index (χ0v) is 10.9. The summed E-state index contributed by atoms with van der Waals surface area (Å²) in [6.07, 6.45) is -0.724. The molecule has 2 N–H and O–H groups in total. The smallest absolute Gasteiger partial charge is 0.334 e. The first-order valence-electron chi connectivity index (χ1n) is 5.48. The third kappa shape index (κ3) is 4.34. The van der Waals surface area contributed by atoms with Gasteiger partial charge in [-0.3, -0.25) is 0 Å². The first-order chi connectivity index (χ1) is 8.45. The van der Waals surface area contributed by atoms with E-state index in [4.69, 9.17) is 5.73 Å². The second-order valence-electron chi connectivity index (χ2n) is 3.68. The molecule has 7 heteroatoms. The Kier molecular flexibility index (Phi) is 5.11. The molecule has 0 radical (unpaired) electrons. The van der Waals surface area contributed by atoms with E-state index in [1.54, 1.807) is 24.3 Å². The Morgan fingerprint density at radius 2 is 1.94 bits per heavy atom. The number of amides is 1. The van der Waals surface area contributed by atoms with Crippen LogP contribution >= 0.6 is 0 Å². The summed E-state index contributed by atoms with van der Waals surface area (Å²) < 4.78 is 28.7.